The van der Waals surface area contributed by atoms with Crippen LogP contribution in [0.3, 0.4) is 0 Å². The summed E-state index contributed by atoms with van der Waals surface area (Å²) >= 11 is 5.10. The Bertz CT molecular complexity index is 584. The lowest BCUT2D eigenvalue weighted by Crippen LogP contribution is -1.94. The van der Waals surface area contributed by atoms with E-state index >= 15 is 0 Å². The van der Waals surface area contributed by atoms with Crippen LogP contribution < -0.4 is 4.74 Å². The largest absolute Gasteiger partial charge is 0.497 e. The fourth-order valence-electron chi connectivity index (χ4n) is 1.75. The van der Waals surface area contributed by atoms with E-state index in [1.807, 2.05) is 30.3 Å². The second kappa shape index (κ2) is 5.51. The smallest absolute Gasteiger partial charge is 0.134 e. The first-order chi connectivity index (χ1) is 9.24. The van der Waals surface area contributed by atoms with Crippen LogP contribution in [0.5, 0.6) is 5.75 Å². The van der Waals surface area contributed by atoms with E-state index in [-0.39, 0.29) is 0 Å². The molecule has 1 heterocycles. The molecule has 3 rings (SSSR count). The van der Waals surface area contributed by atoms with Crippen LogP contribution in [0.4, 0.5) is 0 Å². The fraction of sp³-hybridized carbons (Fsp3) is 0.286. The van der Waals surface area contributed by atoms with Crippen molar-refractivity contribution in [1.82, 2.24) is 9.97 Å². The van der Waals surface area contributed by atoms with Crippen LogP contribution in [0.1, 0.15) is 24.6 Å². The van der Waals surface area contributed by atoms with Crippen molar-refractivity contribution in [2.75, 3.05) is 7.11 Å². The lowest BCUT2D eigenvalue weighted by atomic mass is 10.3. The highest BCUT2D eigenvalue weighted by Crippen LogP contribution is 2.39. The Morgan fingerprint density at radius 2 is 1.95 bits per heavy atom. The molecule has 0 N–H and O–H groups in total. The van der Waals surface area contributed by atoms with Gasteiger partial charge in [0.05, 0.1) is 7.11 Å². The maximum absolute atomic E-state index is 5.15. The van der Waals surface area contributed by atoms with E-state index < -0.39 is 0 Å². The van der Waals surface area contributed by atoms with Crippen LogP contribution in [0.15, 0.2) is 44.9 Å². The molecule has 2 aromatic rings. The monoisotopic (exact) mass is 336 g/mol. The quantitative estimate of drug-likeness (QED) is 0.780. The van der Waals surface area contributed by atoms with E-state index in [2.05, 4.69) is 25.9 Å². The van der Waals surface area contributed by atoms with Crippen LogP contribution in [0.25, 0.3) is 0 Å². The number of methoxy groups -OCH3 is 1. The highest BCUT2D eigenvalue weighted by molar-refractivity contribution is 9.10. The summed E-state index contributed by atoms with van der Waals surface area (Å²) in [5.74, 6) is 2.39. The summed E-state index contributed by atoms with van der Waals surface area (Å²) in [6, 6.07) is 9.95. The summed E-state index contributed by atoms with van der Waals surface area (Å²) in [5, 5.41) is 0.981. The Kier molecular flexibility index (Phi) is 3.75. The lowest BCUT2D eigenvalue weighted by Gasteiger charge is -2.05. The minimum Gasteiger partial charge on any atom is -0.497 e. The van der Waals surface area contributed by atoms with E-state index in [0.717, 1.165) is 26.1 Å². The molecule has 0 spiro atoms. The zero-order valence-corrected chi connectivity index (χ0v) is 12.9. The van der Waals surface area contributed by atoms with Gasteiger partial charge in [0.25, 0.3) is 0 Å². The molecular formula is C14H13BrN2OS. The van der Waals surface area contributed by atoms with Crippen LogP contribution >= 0.6 is 27.7 Å². The molecule has 0 saturated heterocycles. The average molecular weight is 337 g/mol. The van der Waals surface area contributed by atoms with Crippen molar-refractivity contribution in [3.8, 4) is 5.75 Å². The number of rotatable bonds is 4. The second-order valence-corrected chi connectivity index (χ2v) is 6.35. The first kappa shape index (κ1) is 12.9. The zero-order valence-electron chi connectivity index (χ0n) is 10.5. The molecule has 1 aliphatic carbocycles. The molecule has 0 radical (unpaired) electrons. The third-order valence-electron chi connectivity index (χ3n) is 2.91. The van der Waals surface area contributed by atoms with Crippen molar-refractivity contribution in [3.63, 3.8) is 0 Å². The van der Waals surface area contributed by atoms with Gasteiger partial charge in [-0.25, -0.2) is 9.97 Å². The summed E-state index contributed by atoms with van der Waals surface area (Å²) in [6.45, 7) is 0. The Morgan fingerprint density at radius 3 is 2.58 bits per heavy atom. The summed E-state index contributed by atoms with van der Waals surface area (Å²) in [7, 11) is 1.67. The molecule has 0 unspecified atom stereocenters. The predicted octanol–water partition coefficient (Wildman–Crippen LogP) is 4.28. The normalized spacial score (nSPS) is 14.4. The van der Waals surface area contributed by atoms with E-state index in [4.69, 9.17) is 4.74 Å². The first-order valence-corrected chi connectivity index (χ1v) is 7.72. The number of ether oxygens (including phenoxy) is 1. The molecule has 98 valence electrons. The van der Waals surface area contributed by atoms with Crippen molar-refractivity contribution < 1.29 is 4.74 Å². The molecule has 1 aromatic heterocycles. The minimum atomic E-state index is 0.563. The third-order valence-corrected chi connectivity index (χ3v) is 4.25. The molecule has 0 amide bonds. The molecule has 0 bridgehead atoms. The van der Waals surface area contributed by atoms with Crippen LogP contribution in [-0.4, -0.2) is 17.1 Å². The van der Waals surface area contributed by atoms with Crippen molar-refractivity contribution in [3.05, 3.63) is 40.8 Å². The van der Waals surface area contributed by atoms with Gasteiger partial charge in [0.1, 0.15) is 21.2 Å². The highest BCUT2D eigenvalue weighted by Gasteiger charge is 2.27. The Labute approximate surface area is 124 Å². The number of aromatic nitrogens is 2. The van der Waals surface area contributed by atoms with Gasteiger partial charge in [0, 0.05) is 16.9 Å². The standard InChI is InChI=1S/C14H13BrN2OS/c1-18-10-4-6-11(7-5-10)19-13-8-12(15)16-14(17-13)9-2-3-9/h4-9H,2-3H2,1H3. The van der Waals surface area contributed by atoms with E-state index in [1.54, 1.807) is 18.9 Å². The fourth-order valence-corrected chi connectivity index (χ4v) is 3.13. The van der Waals surface area contributed by atoms with Crippen molar-refractivity contribution in [2.24, 2.45) is 0 Å². The number of nitrogens with zero attached hydrogens (tertiary/aromatic N) is 2. The van der Waals surface area contributed by atoms with Gasteiger partial charge >= 0.3 is 0 Å². The van der Waals surface area contributed by atoms with Crippen LogP contribution in [-0.2, 0) is 0 Å². The number of hydrogen-bond donors (Lipinski definition) is 0. The molecule has 3 nitrogen and oxygen atoms in total. The molecular weight excluding hydrogens is 324 g/mol. The average Bonchev–Trinajstić information content (AvgIpc) is 3.23. The van der Waals surface area contributed by atoms with E-state index in [9.17, 15) is 0 Å². The Balaban J connectivity index is 1.81. The van der Waals surface area contributed by atoms with Crippen LogP contribution in [0, 0.1) is 0 Å². The molecule has 0 atom stereocenters. The van der Waals surface area contributed by atoms with Crippen molar-refractivity contribution >= 4 is 27.7 Å². The molecule has 0 aliphatic heterocycles. The summed E-state index contributed by atoms with van der Waals surface area (Å²) in [6.07, 6.45) is 2.42. The molecule has 1 aromatic carbocycles. The highest BCUT2D eigenvalue weighted by atomic mass is 79.9. The van der Waals surface area contributed by atoms with Crippen LogP contribution in [0.2, 0.25) is 0 Å². The Morgan fingerprint density at radius 1 is 1.21 bits per heavy atom. The molecule has 1 aliphatic rings. The summed E-state index contributed by atoms with van der Waals surface area (Å²) in [4.78, 5) is 10.2. The number of hydrogen-bond acceptors (Lipinski definition) is 4. The Hall–Kier alpha value is -1.07. The zero-order chi connectivity index (χ0) is 13.2. The van der Waals surface area contributed by atoms with Gasteiger partial charge in [0.15, 0.2) is 0 Å². The van der Waals surface area contributed by atoms with Gasteiger partial charge in [0.2, 0.25) is 0 Å². The van der Waals surface area contributed by atoms with Gasteiger partial charge in [-0.05, 0) is 53.0 Å². The predicted molar refractivity (Wildman–Crippen MR) is 78.8 cm³/mol. The van der Waals surface area contributed by atoms with Gasteiger partial charge < -0.3 is 4.74 Å². The van der Waals surface area contributed by atoms with Gasteiger partial charge in [-0.3, -0.25) is 0 Å². The van der Waals surface area contributed by atoms with Gasteiger partial charge in [-0.15, -0.1) is 0 Å². The maximum atomic E-state index is 5.15. The molecule has 5 heteroatoms. The SMILES string of the molecule is COc1ccc(Sc2cc(Br)nc(C3CC3)n2)cc1. The summed E-state index contributed by atoms with van der Waals surface area (Å²) < 4.78 is 6.02. The minimum absolute atomic E-state index is 0.563. The number of benzene rings is 1. The third kappa shape index (κ3) is 3.28. The number of halogens is 1. The lowest BCUT2D eigenvalue weighted by molar-refractivity contribution is 0.414. The second-order valence-electron chi connectivity index (χ2n) is 4.44. The van der Waals surface area contributed by atoms with Crippen molar-refractivity contribution in [1.29, 1.82) is 0 Å². The van der Waals surface area contributed by atoms with E-state index in [1.165, 1.54) is 12.8 Å². The van der Waals surface area contributed by atoms with Crippen molar-refractivity contribution in [2.45, 2.75) is 28.7 Å². The first-order valence-electron chi connectivity index (χ1n) is 6.11. The molecule has 1 fully saturated rings. The topological polar surface area (TPSA) is 35.0 Å². The molecule has 1 saturated carbocycles. The van der Waals surface area contributed by atoms with E-state index in [0.29, 0.717) is 5.92 Å². The summed E-state index contributed by atoms with van der Waals surface area (Å²) in [5.41, 5.74) is 0. The maximum Gasteiger partial charge on any atom is 0.134 e. The van der Waals surface area contributed by atoms with Gasteiger partial charge in [-0.2, -0.15) is 0 Å². The van der Waals surface area contributed by atoms with Gasteiger partial charge in [-0.1, -0.05) is 11.8 Å². The molecule has 19 heavy (non-hydrogen) atoms.